The molecule has 7 nitrogen and oxygen atoms in total. The molecular weight excluding hydrogens is 360 g/mol. The molecular formula is C21H26N2O5. The minimum atomic E-state index is -0.252. The molecule has 7 heteroatoms. The summed E-state index contributed by atoms with van der Waals surface area (Å²) in [4.78, 5) is 38.2. The molecule has 1 aromatic rings. The zero-order valence-corrected chi connectivity index (χ0v) is 16.2. The van der Waals surface area contributed by atoms with Gasteiger partial charge in [-0.3, -0.25) is 19.3 Å². The van der Waals surface area contributed by atoms with Crippen LogP contribution in [0.15, 0.2) is 36.4 Å². The van der Waals surface area contributed by atoms with Gasteiger partial charge in [0, 0.05) is 13.0 Å². The number of carbonyl (C=O) groups is 3. The number of likely N-dealkylation sites (tertiary alicyclic amines) is 1. The van der Waals surface area contributed by atoms with Crippen molar-refractivity contribution in [2.45, 2.75) is 32.2 Å². The number of hydrogen-bond donors (Lipinski definition) is 1. The van der Waals surface area contributed by atoms with E-state index in [4.69, 9.17) is 9.47 Å². The van der Waals surface area contributed by atoms with E-state index in [1.807, 2.05) is 19.1 Å². The largest absolute Gasteiger partial charge is 0.497 e. The standard InChI is InChI=1S/C21H26N2O5/c1-14(13-28-16-9-7-15(27-2)8-10-16)22-19(24)11-12-23-20(25)17-5-3-4-6-18(17)21(23)26/h3-4,7-10,14,17-18H,5-6,11-13H2,1-2H3,(H,22,24)/t14-,17-,18+/m1/s1. The summed E-state index contributed by atoms with van der Waals surface area (Å²) in [5.74, 6) is 0.418. The number of nitrogens with zero attached hydrogens (tertiary/aromatic N) is 1. The molecule has 3 amide bonds. The quantitative estimate of drug-likeness (QED) is 0.545. The molecule has 1 aliphatic heterocycles. The summed E-state index contributed by atoms with van der Waals surface area (Å²) in [6.45, 7) is 2.28. The van der Waals surface area contributed by atoms with Crippen LogP contribution in [0.4, 0.5) is 0 Å². The Morgan fingerprint density at radius 1 is 1.11 bits per heavy atom. The average Bonchev–Trinajstić information content (AvgIpc) is 2.95. The Balaban J connectivity index is 1.41. The van der Waals surface area contributed by atoms with Crippen molar-refractivity contribution in [2.75, 3.05) is 20.3 Å². The Morgan fingerprint density at radius 3 is 2.25 bits per heavy atom. The molecule has 0 unspecified atom stereocenters. The zero-order valence-electron chi connectivity index (χ0n) is 16.2. The lowest BCUT2D eigenvalue weighted by atomic mass is 9.85. The topological polar surface area (TPSA) is 84.9 Å². The third-order valence-corrected chi connectivity index (χ3v) is 5.13. The number of ether oxygens (including phenoxy) is 2. The number of allylic oxidation sites excluding steroid dienone is 2. The number of rotatable bonds is 8. The lowest BCUT2D eigenvalue weighted by Gasteiger charge is -2.17. The van der Waals surface area contributed by atoms with Gasteiger partial charge in [-0.2, -0.15) is 0 Å². The number of nitrogens with one attached hydrogen (secondary N) is 1. The second-order valence-corrected chi connectivity index (χ2v) is 7.19. The first-order valence-corrected chi connectivity index (χ1v) is 9.56. The summed E-state index contributed by atoms with van der Waals surface area (Å²) in [7, 11) is 1.60. The molecule has 0 saturated carbocycles. The van der Waals surface area contributed by atoms with Crippen LogP contribution in [0.1, 0.15) is 26.2 Å². The van der Waals surface area contributed by atoms with E-state index in [0.29, 0.717) is 25.2 Å². The maximum absolute atomic E-state index is 12.4. The van der Waals surface area contributed by atoms with Gasteiger partial charge < -0.3 is 14.8 Å². The number of imide groups is 1. The molecule has 150 valence electrons. The first-order chi connectivity index (χ1) is 13.5. The van der Waals surface area contributed by atoms with Gasteiger partial charge in [0.2, 0.25) is 17.7 Å². The maximum Gasteiger partial charge on any atom is 0.233 e. The van der Waals surface area contributed by atoms with E-state index in [2.05, 4.69) is 5.32 Å². The summed E-state index contributed by atoms with van der Waals surface area (Å²) >= 11 is 0. The summed E-state index contributed by atoms with van der Waals surface area (Å²) in [5.41, 5.74) is 0. The van der Waals surface area contributed by atoms with Gasteiger partial charge in [-0.15, -0.1) is 0 Å². The average molecular weight is 386 g/mol. The van der Waals surface area contributed by atoms with Crippen LogP contribution in [0.25, 0.3) is 0 Å². The third-order valence-electron chi connectivity index (χ3n) is 5.13. The highest BCUT2D eigenvalue weighted by atomic mass is 16.5. The van der Waals surface area contributed by atoms with E-state index in [9.17, 15) is 14.4 Å². The minimum Gasteiger partial charge on any atom is -0.497 e. The third kappa shape index (κ3) is 4.52. The normalized spacial score (nSPS) is 22.0. The molecule has 1 heterocycles. The van der Waals surface area contributed by atoms with E-state index < -0.39 is 0 Å². The smallest absolute Gasteiger partial charge is 0.233 e. The predicted octanol–water partition coefficient (Wildman–Crippen LogP) is 1.92. The first-order valence-electron chi connectivity index (χ1n) is 9.56. The molecule has 0 aromatic heterocycles. The van der Waals surface area contributed by atoms with E-state index >= 15 is 0 Å². The Kier molecular flexibility index (Phi) is 6.34. The summed E-state index contributed by atoms with van der Waals surface area (Å²) in [6, 6.07) is 7.00. The van der Waals surface area contributed by atoms with Gasteiger partial charge in [0.1, 0.15) is 18.1 Å². The number of carbonyl (C=O) groups excluding carboxylic acids is 3. The van der Waals surface area contributed by atoms with Crippen LogP contribution in [0.5, 0.6) is 11.5 Å². The molecule has 1 aromatic carbocycles. The lowest BCUT2D eigenvalue weighted by molar-refractivity contribution is -0.140. The molecule has 1 N–H and O–H groups in total. The number of amides is 3. The number of fused-ring (bicyclic) bond motifs is 1. The second-order valence-electron chi connectivity index (χ2n) is 7.19. The number of methoxy groups -OCH3 is 1. The maximum atomic E-state index is 12.4. The highest BCUT2D eigenvalue weighted by Crippen LogP contribution is 2.34. The molecule has 1 saturated heterocycles. The lowest BCUT2D eigenvalue weighted by Crippen LogP contribution is -2.40. The van der Waals surface area contributed by atoms with Gasteiger partial charge >= 0.3 is 0 Å². The van der Waals surface area contributed by atoms with Crippen LogP contribution in [-0.2, 0) is 14.4 Å². The number of benzene rings is 1. The number of hydrogen-bond acceptors (Lipinski definition) is 5. The molecule has 2 aliphatic rings. The van der Waals surface area contributed by atoms with Crippen molar-refractivity contribution in [1.82, 2.24) is 10.2 Å². The molecule has 1 fully saturated rings. The molecule has 3 atom stereocenters. The fourth-order valence-electron chi connectivity index (χ4n) is 3.58. The predicted molar refractivity (Wildman–Crippen MR) is 103 cm³/mol. The van der Waals surface area contributed by atoms with Gasteiger partial charge in [-0.1, -0.05) is 12.2 Å². The highest BCUT2D eigenvalue weighted by molar-refractivity contribution is 6.05. The highest BCUT2D eigenvalue weighted by Gasteiger charge is 2.46. The van der Waals surface area contributed by atoms with Crippen LogP contribution in [0, 0.1) is 11.8 Å². The van der Waals surface area contributed by atoms with Crippen molar-refractivity contribution in [2.24, 2.45) is 11.8 Å². The SMILES string of the molecule is COc1ccc(OC[C@@H](C)NC(=O)CCN2C(=O)[C@H]3CC=CC[C@H]3C2=O)cc1. The summed E-state index contributed by atoms with van der Waals surface area (Å²) < 4.78 is 10.7. The Hall–Kier alpha value is -2.83. The Bertz CT molecular complexity index is 733. The van der Waals surface area contributed by atoms with Crippen LogP contribution >= 0.6 is 0 Å². The van der Waals surface area contributed by atoms with Crippen molar-refractivity contribution in [1.29, 1.82) is 0 Å². The second kappa shape index (κ2) is 8.91. The van der Waals surface area contributed by atoms with Crippen LogP contribution in [0.2, 0.25) is 0 Å². The van der Waals surface area contributed by atoms with Crippen molar-refractivity contribution < 1.29 is 23.9 Å². The molecule has 0 spiro atoms. The molecule has 3 rings (SSSR count). The molecule has 0 radical (unpaired) electrons. The minimum absolute atomic E-state index is 0.0945. The Morgan fingerprint density at radius 2 is 1.68 bits per heavy atom. The fourth-order valence-corrected chi connectivity index (χ4v) is 3.58. The molecule has 1 aliphatic carbocycles. The molecule has 28 heavy (non-hydrogen) atoms. The molecule has 0 bridgehead atoms. The van der Waals surface area contributed by atoms with Crippen molar-refractivity contribution in [3.8, 4) is 11.5 Å². The van der Waals surface area contributed by atoms with E-state index in [-0.39, 0.29) is 48.6 Å². The summed E-state index contributed by atoms with van der Waals surface area (Å²) in [5, 5.41) is 2.84. The van der Waals surface area contributed by atoms with E-state index in [0.717, 1.165) is 5.75 Å². The zero-order chi connectivity index (χ0) is 20.1. The van der Waals surface area contributed by atoms with Crippen LogP contribution < -0.4 is 14.8 Å². The van der Waals surface area contributed by atoms with Crippen molar-refractivity contribution in [3.05, 3.63) is 36.4 Å². The van der Waals surface area contributed by atoms with Crippen molar-refractivity contribution >= 4 is 17.7 Å². The van der Waals surface area contributed by atoms with Gasteiger partial charge in [0.25, 0.3) is 0 Å². The van der Waals surface area contributed by atoms with Crippen LogP contribution in [0.3, 0.4) is 0 Å². The Labute approximate surface area is 164 Å². The van der Waals surface area contributed by atoms with Crippen molar-refractivity contribution in [3.63, 3.8) is 0 Å². The first kappa shape index (κ1) is 19.9. The monoisotopic (exact) mass is 386 g/mol. The fraction of sp³-hybridized carbons (Fsp3) is 0.476. The van der Waals surface area contributed by atoms with Gasteiger partial charge in [-0.25, -0.2) is 0 Å². The van der Waals surface area contributed by atoms with E-state index in [1.165, 1.54) is 4.90 Å². The summed E-state index contributed by atoms with van der Waals surface area (Å²) in [6.07, 6.45) is 5.21. The van der Waals surface area contributed by atoms with Crippen LogP contribution in [-0.4, -0.2) is 48.9 Å². The van der Waals surface area contributed by atoms with Gasteiger partial charge in [0.15, 0.2) is 0 Å². The van der Waals surface area contributed by atoms with Gasteiger partial charge in [-0.05, 0) is 44.0 Å². The van der Waals surface area contributed by atoms with Gasteiger partial charge in [0.05, 0.1) is 25.0 Å². The van der Waals surface area contributed by atoms with E-state index in [1.54, 1.807) is 31.4 Å².